The molecule has 41 heavy (non-hydrogen) atoms. The third-order valence-electron chi connectivity index (χ3n) is 5.63. The summed E-state index contributed by atoms with van der Waals surface area (Å²) in [5, 5.41) is 41.7. The summed E-state index contributed by atoms with van der Waals surface area (Å²) in [5.74, 6) is -2.56. The van der Waals surface area contributed by atoms with Crippen molar-refractivity contribution in [2.45, 2.75) is 6.61 Å². The fourth-order valence-corrected chi connectivity index (χ4v) is 3.66. The quantitative estimate of drug-likeness (QED) is 0.118. The molecule has 0 saturated heterocycles. The molecule has 0 heterocycles. The van der Waals surface area contributed by atoms with Crippen molar-refractivity contribution < 1.29 is 44.2 Å². The van der Waals surface area contributed by atoms with Crippen LogP contribution in [0, 0.1) is 10.1 Å². The van der Waals surface area contributed by atoms with Crippen LogP contribution in [0.1, 0.15) is 36.6 Å². The first-order valence-corrected chi connectivity index (χ1v) is 11.7. The standard InChI is InChI=1S/C28H21N3O10/c32-20-6-12-23(27(34)35)16(13-20)15-40-30-18-3-9-22(10-4-18)41-21-7-1-17(2-8-21)29-26(33)25-14-19(31(38)39)5-11-24(25)28(36)37/h1-14,30,32H,15H2,(H,29,33)(H,34,35)(H,36,37). The first kappa shape index (κ1) is 28.1. The summed E-state index contributed by atoms with van der Waals surface area (Å²) in [4.78, 5) is 51.1. The average molecular weight is 559 g/mol. The van der Waals surface area contributed by atoms with Crippen LogP contribution in [0.2, 0.25) is 0 Å². The number of carboxylic acids is 2. The number of nitrogens with zero attached hydrogens (tertiary/aromatic N) is 1. The zero-order valence-electron chi connectivity index (χ0n) is 20.9. The Morgan fingerprint density at radius 3 is 1.93 bits per heavy atom. The van der Waals surface area contributed by atoms with Gasteiger partial charge in [-0.25, -0.2) is 9.59 Å². The molecular formula is C28H21N3O10. The van der Waals surface area contributed by atoms with Crippen LogP contribution in [-0.2, 0) is 11.4 Å². The van der Waals surface area contributed by atoms with Crippen LogP contribution in [0.15, 0.2) is 84.9 Å². The average Bonchev–Trinajstić information content (AvgIpc) is 2.94. The van der Waals surface area contributed by atoms with Crippen LogP contribution in [-0.4, -0.2) is 38.1 Å². The molecule has 208 valence electrons. The van der Waals surface area contributed by atoms with Crippen molar-refractivity contribution in [1.29, 1.82) is 0 Å². The van der Waals surface area contributed by atoms with Gasteiger partial charge in [0.25, 0.3) is 11.6 Å². The lowest BCUT2D eigenvalue weighted by Gasteiger charge is -2.11. The molecule has 0 aromatic heterocycles. The number of aromatic hydroxyl groups is 1. The number of anilines is 2. The number of ether oxygens (including phenoxy) is 1. The highest BCUT2D eigenvalue weighted by molar-refractivity contribution is 6.11. The predicted octanol–water partition coefficient (Wildman–Crippen LogP) is 5.29. The summed E-state index contributed by atoms with van der Waals surface area (Å²) in [5.41, 5.74) is 2.69. The molecule has 0 bridgehead atoms. The molecule has 4 rings (SSSR count). The van der Waals surface area contributed by atoms with Crippen molar-refractivity contribution in [2.75, 3.05) is 10.8 Å². The fraction of sp³-hybridized carbons (Fsp3) is 0.0357. The minimum atomic E-state index is -1.40. The number of nitro benzene ring substituents is 1. The van der Waals surface area contributed by atoms with Gasteiger partial charge in [-0.3, -0.25) is 25.2 Å². The van der Waals surface area contributed by atoms with Gasteiger partial charge in [0.1, 0.15) is 23.9 Å². The summed E-state index contributed by atoms with van der Waals surface area (Å²) in [6.45, 7) is -0.115. The number of phenols is 1. The molecule has 0 aliphatic carbocycles. The molecule has 0 aliphatic heterocycles. The number of carbonyl (C=O) groups excluding carboxylic acids is 1. The number of aromatic carboxylic acids is 2. The molecule has 0 spiro atoms. The minimum absolute atomic E-state index is 0.00739. The van der Waals surface area contributed by atoms with Gasteiger partial charge in [-0.15, -0.1) is 0 Å². The van der Waals surface area contributed by atoms with E-state index in [0.29, 0.717) is 22.9 Å². The van der Waals surface area contributed by atoms with E-state index in [2.05, 4.69) is 10.8 Å². The molecule has 5 N–H and O–H groups in total. The van der Waals surface area contributed by atoms with Crippen molar-refractivity contribution in [3.8, 4) is 17.2 Å². The van der Waals surface area contributed by atoms with Crippen LogP contribution < -0.4 is 15.5 Å². The second kappa shape index (κ2) is 12.3. The van der Waals surface area contributed by atoms with E-state index in [1.54, 1.807) is 36.4 Å². The van der Waals surface area contributed by atoms with Crippen molar-refractivity contribution in [1.82, 2.24) is 0 Å². The maximum Gasteiger partial charge on any atom is 0.336 e. The molecule has 0 fully saturated rings. The van der Waals surface area contributed by atoms with Crippen LogP contribution in [0.25, 0.3) is 0 Å². The number of hydrogen-bond donors (Lipinski definition) is 5. The third kappa shape index (κ3) is 7.13. The van der Waals surface area contributed by atoms with E-state index >= 15 is 0 Å². The zero-order valence-corrected chi connectivity index (χ0v) is 20.9. The number of rotatable bonds is 11. The van der Waals surface area contributed by atoms with Crippen LogP contribution in [0.4, 0.5) is 17.1 Å². The number of nitro groups is 1. The molecule has 0 aliphatic rings. The molecule has 13 heteroatoms. The van der Waals surface area contributed by atoms with Gasteiger partial charge in [-0.1, -0.05) is 0 Å². The Morgan fingerprint density at radius 1 is 0.756 bits per heavy atom. The first-order chi connectivity index (χ1) is 19.6. The summed E-state index contributed by atoms with van der Waals surface area (Å²) in [7, 11) is 0. The van der Waals surface area contributed by atoms with E-state index in [-0.39, 0.29) is 34.6 Å². The largest absolute Gasteiger partial charge is 0.508 e. The molecule has 4 aromatic rings. The monoisotopic (exact) mass is 559 g/mol. The predicted molar refractivity (Wildman–Crippen MR) is 144 cm³/mol. The lowest BCUT2D eigenvalue weighted by Crippen LogP contribution is -2.16. The Kier molecular flexibility index (Phi) is 8.40. The molecule has 4 aromatic carbocycles. The van der Waals surface area contributed by atoms with Gasteiger partial charge in [-0.2, -0.15) is 0 Å². The molecule has 0 radical (unpaired) electrons. The Bertz CT molecular complexity index is 1620. The van der Waals surface area contributed by atoms with Crippen LogP contribution in [0.3, 0.4) is 0 Å². The molecule has 0 saturated carbocycles. The number of benzene rings is 4. The van der Waals surface area contributed by atoms with Gasteiger partial charge in [0.2, 0.25) is 0 Å². The highest BCUT2D eigenvalue weighted by Crippen LogP contribution is 2.26. The minimum Gasteiger partial charge on any atom is -0.508 e. The summed E-state index contributed by atoms with van der Waals surface area (Å²) in [6, 6.07) is 19.5. The van der Waals surface area contributed by atoms with Crippen LogP contribution >= 0.6 is 0 Å². The van der Waals surface area contributed by atoms with Crippen molar-refractivity contribution in [2.24, 2.45) is 0 Å². The van der Waals surface area contributed by atoms with Gasteiger partial charge in [0, 0.05) is 17.8 Å². The summed E-state index contributed by atoms with van der Waals surface area (Å²) in [6.07, 6.45) is 0. The second-order valence-electron chi connectivity index (χ2n) is 8.43. The highest BCUT2D eigenvalue weighted by Gasteiger charge is 2.21. The molecule has 0 unspecified atom stereocenters. The third-order valence-corrected chi connectivity index (χ3v) is 5.63. The molecular weight excluding hydrogens is 538 g/mol. The topological polar surface area (TPSA) is 198 Å². The van der Waals surface area contributed by atoms with E-state index in [4.69, 9.17) is 9.57 Å². The van der Waals surface area contributed by atoms with Gasteiger partial charge >= 0.3 is 11.9 Å². The van der Waals surface area contributed by atoms with Gasteiger partial charge in [0.15, 0.2) is 0 Å². The number of phenolic OH excluding ortho intramolecular Hbond substituents is 1. The van der Waals surface area contributed by atoms with Gasteiger partial charge in [-0.05, 0) is 78.4 Å². The van der Waals surface area contributed by atoms with Gasteiger partial charge < -0.3 is 25.4 Å². The Labute approximate surface area is 231 Å². The van der Waals surface area contributed by atoms with Gasteiger partial charge in [0.05, 0.1) is 27.3 Å². The second-order valence-corrected chi connectivity index (χ2v) is 8.43. The number of carbonyl (C=O) groups is 3. The van der Waals surface area contributed by atoms with E-state index in [0.717, 1.165) is 18.2 Å². The lowest BCUT2D eigenvalue weighted by atomic mass is 10.1. The number of amides is 1. The maximum atomic E-state index is 12.7. The summed E-state index contributed by atoms with van der Waals surface area (Å²) >= 11 is 0. The first-order valence-electron chi connectivity index (χ1n) is 11.7. The Hall–Kier alpha value is -5.95. The fourth-order valence-electron chi connectivity index (χ4n) is 3.66. The van der Waals surface area contributed by atoms with E-state index in [1.165, 1.54) is 30.3 Å². The highest BCUT2D eigenvalue weighted by atomic mass is 16.6. The van der Waals surface area contributed by atoms with Crippen molar-refractivity contribution in [3.05, 3.63) is 117 Å². The summed E-state index contributed by atoms with van der Waals surface area (Å²) < 4.78 is 5.77. The lowest BCUT2D eigenvalue weighted by molar-refractivity contribution is -0.384. The molecule has 13 nitrogen and oxygen atoms in total. The number of carboxylic acid groups (broad SMARTS) is 2. The smallest absolute Gasteiger partial charge is 0.336 e. The number of nitrogens with one attached hydrogen (secondary N) is 2. The number of hydrogen-bond acceptors (Lipinski definition) is 9. The van der Waals surface area contributed by atoms with Crippen molar-refractivity contribution >= 4 is 34.9 Å². The normalized spacial score (nSPS) is 10.4. The van der Waals surface area contributed by atoms with Crippen molar-refractivity contribution in [3.63, 3.8) is 0 Å². The SMILES string of the molecule is O=C(O)c1ccc(O)cc1CONc1ccc(Oc2ccc(NC(=O)c3cc([N+](=O)[O-])ccc3C(=O)O)cc2)cc1. The maximum absolute atomic E-state index is 12.7. The Morgan fingerprint density at radius 2 is 1.34 bits per heavy atom. The Balaban J connectivity index is 1.34. The van der Waals surface area contributed by atoms with E-state index < -0.39 is 28.5 Å². The van der Waals surface area contributed by atoms with E-state index in [9.17, 15) is 39.8 Å². The molecule has 0 atom stereocenters. The zero-order chi connectivity index (χ0) is 29.5. The van der Waals surface area contributed by atoms with Crippen LogP contribution in [0.5, 0.6) is 17.2 Å². The van der Waals surface area contributed by atoms with E-state index in [1.807, 2.05) is 0 Å². The number of non-ortho nitro benzene ring substituents is 1. The molecule has 1 amide bonds.